The average molecular weight is 345 g/mol. The van der Waals surface area contributed by atoms with E-state index in [4.69, 9.17) is 0 Å². The highest BCUT2D eigenvalue weighted by Crippen LogP contribution is 2.33. The molecule has 1 aromatic heterocycles. The lowest BCUT2D eigenvalue weighted by Gasteiger charge is -2.31. The number of aryl methyl sites for hydroxylation is 3. The van der Waals surface area contributed by atoms with E-state index in [0.29, 0.717) is 6.04 Å². The molecule has 4 rings (SSSR count). The van der Waals surface area contributed by atoms with Gasteiger partial charge in [-0.3, -0.25) is 4.90 Å². The van der Waals surface area contributed by atoms with Gasteiger partial charge >= 0.3 is 0 Å². The molecule has 26 heavy (non-hydrogen) atoms. The molecule has 0 spiro atoms. The van der Waals surface area contributed by atoms with Crippen molar-refractivity contribution in [2.24, 2.45) is 0 Å². The third-order valence-corrected chi connectivity index (χ3v) is 5.53. The molecule has 134 valence electrons. The van der Waals surface area contributed by atoms with Crippen molar-refractivity contribution in [1.29, 1.82) is 0 Å². The van der Waals surface area contributed by atoms with E-state index in [0.717, 1.165) is 26.1 Å². The first-order chi connectivity index (χ1) is 12.7. The lowest BCUT2D eigenvalue weighted by Crippen LogP contribution is -2.29. The van der Waals surface area contributed by atoms with Crippen molar-refractivity contribution in [3.05, 3.63) is 94.8 Å². The Balaban J connectivity index is 1.72. The van der Waals surface area contributed by atoms with Crippen molar-refractivity contribution in [1.82, 2.24) is 9.47 Å². The maximum atomic E-state index is 2.65. The predicted molar refractivity (Wildman–Crippen MR) is 108 cm³/mol. The van der Waals surface area contributed by atoms with E-state index in [9.17, 15) is 0 Å². The Hall–Kier alpha value is -2.32. The molecule has 0 saturated carbocycles. The van der Waals surface area contributed by atoms with Crippen molar-refractivity contribution >= 4 is 0 Å². The molecule has 2 heteroatoms. The van der Waals surface area contributed by atoms with Gasteiger partial charge in [0.05, 0.1) is 6.04 Å². The molecule has 0 radical (unpaired) electrons. The quantitative estimate of drug-likeness (QED) is 0.619. The van der Waals surface area contributed by atoms with Gasteiger partial charge in [-0.25, -0.2) is 0 Å². The van der Waals surface area contributed by atoms with Crippen LogP contribution < -0.4 is 0 Å². The summed E-state index contributed by atoms with van der Waals surface area (Å²) in [6.07, 6.45) is 4.52. The summed E-state index contributed by atoms with van der Waals surface area (Å²) in [6, 6.07) is 23.0. The Morgan fingerprint density at radius 3 is 2.54 bits per heavy atom. The Labute approximate surface area is 157 Å². The van der Waals surface area contributed by atoms with Crippen LogP contribution in [0.2, 0.25) is 0 Å². The second-order valence-corrected chi connectivity index (χ2v) is 7.44. The van der Waals surface area contributed by atoms with Crippen LogP contribution in [-0.2, 0) is 19.5 Å². The molecule has 0 aliphatic carbocycles. The number of fused-ring (bicyclic) bond motifs is 1. The number of rotatable bonds is 4. The van der Waals surface area contributed by atoms with Crippen LogP contribution in [0.1, 0.15) is 47.3 Å². The first kappa shape index (κ1) is 17.1. The molecule has 0 saturated heterocycles. The number of nitrogens with zero attached hydrogens (tertiary/aromatic N) is 2. The van der Waals surface area contributed by atoms with Crippen molar-refractivity contribution in [2.45, 2.75) is 45.8 Å². The standard InChI is InChI=1S/C24H28N2/c1-3-20-10-12-22(13-11-20)24-23-9-5-14-25(23)15-6-16-26(24)18-21-8-4-7-19(2)17-21/h4-5,7-14,17,24H,3,6,15-16,18H2,1-2H3/t24-/m1/s1. The predicted octanol–water partition coefficient (Wildman–Crippen LogP) is 5.35. The van der Waals surface area contributed by atoms with Gasteiger partial charge in [0.25, 0.3) is 0 Å². The Kier molecular flexibility index (Phi) is 4.94. The minimum Gasteiger partial charge on any atom is -0.350 e. The Bertz CT molecular complexity index is 860. The molecule has 1 atom stereocenters. The van der Waals surface area contributed by atoms with Crippen LogP contribution >= 0.6 is 0 Å². The third-order valence-electron chi connectivity index (χ3n) is 5.53. The van der Waals surface area contributed by atoms with Gasteiger partial charge in [0.1, 0.15) is 0 Å². The summed E-state index contributed by atoms with van der Waals surface area (Å²) in [5.74, 6) is 0. The van der Waals surface area contributed by atoms with Gasteiger partial charge in [-0.05, 0) is 48.6 Å². The average Bonchev–Trinajstić information content (AvgIpc) is 3.04. The topological polar surface area (TPSA) is 8.17 Å². The number of aromatic nitrogens is 1. The van der Waals surface area contributed by atoms with Crippen molar-refractivity contribution in [3.8, 4) is 0 Å². The summed E-state index contributed by atoms with van der Waals surface area (Å²) in [7, 11) is 0. The van der Waals surface area contributed by atoms with Crippen LogP contribution in [0.4, 0.5) is 0 Å². The molecule has 1 aliphatic heterocycles. The molecule has 0 fully saturated rings. The first-order valence-electron chi connectivity index (χ1n) is 9.78. The fourth-order valence-electron chi connectivity index (χ4n) is 4.17. The molecular weight excluding hydrogens is 316 g/mol. The molecule has 2 heterocycles. The monoisotopic (exact) mass is 344 g/mol. The zero-order valence-corrected chi connectivity index (χ0v) is 15.9. The van der Waals surface area contributed by atoms with Gasteiger partial charge in [0, 0.05) is 31.5 Å². The normalized spacial score (nSPS) is 17.7. The van der Waals surface area contributed by atoms with Crippen molar-refractivity contribution in [2.75, 3.05) is 6.54 Å². The molecule has 1 aliphatic rings. The molecule has 2 nitrogen and oxygen atoms in total. The van der Waals surface area contributed by atoms with Gasteiger partial charge in [0.2, 0.25) is 0 Å². The van der Waals surface area contributed by atoms with Crippen LogP contribution in [0.5, 0.6) is 0 Å². The molecule has 3 aromatic rings. The van der Waals surface area contributed by atoms with Crippen LogP contribution in [-0.4, -0.2) is 16.0 Å². The van der Waals surface area contributed by atoms with Gasteiger partial charge in [-0.15, -0.1) is 0 Å². The third kappa shape index (κ3) is 3.47. The van der Waals surface area contributed by atoms with E-state index in [2.05, 4.69) is 90.2 Å². The highest BCUT2D eigenvalue weighted by Gasteiger charge is 2.27. The van der Waals surface area contributed by atoms with Crippen LogP contribution in [0.25, 0.3) is 0 Å². The highest BCUT2D eigenvalue weighted by molar-refractivity contribution is 5.33. The number of benzene rings is 2. The van der Waals surface area contributed by atoms with E-state index in [1.807, 2.05) is 0 Å². The molecular formula is C24H28N2. The molecule has 0 N–H and O–H groups in total. The second-order valence-electron chi connectivity index (χ2n) is 7.44. The fraction of sp³-hybridized carbons (Fsp3) is 0.333. The minimum absolute atomic E-state index is 0.318. The van der Waals surface area contributed by atoms with E-state index >= 15 is 0 Å². The molecule has 0 unspecified atom stereocenters. The highest BCUT2D eigenvalue weighted by atomic mass is 15.2. The summed E-state index contributed by atoms with van der Waals surface area (Å²) < 4.78 is 2.44. The van der Waals surface area contributed by atoms with Crippen molar-refractivity contribution < 1.29 is 0 Å². The molecule has 2 aromatic carbocycles. The van der Waals surface area contributed by atoms with Gasteiger partial charge in [-0.1, -0.05) is 61.0 Å². The van der Waals surface area contributed by atoms with E-state index in [-0.39, 0.29) is 0 Å². The second kappa shape index (κ2) is 7.51. The lowest BCUT2D eigenvalue weighted by atomic mass is 9.99. The Morgan fingerprint density at radius 2 is 1.77 bits per heavy atom. The summed E-state index contributed by atoms with van der Waals surface area (Å²) in [4.78, 5) is 2.65. The molecule has 0 amide bonds. The van der Waals surface area contributed by atoms with Crippen LogP contribution in [0.15, 0.2) is 66.9 Å². The fourth-order valence-corrected chi connectivity index (χ4v) is 4.17. The van der Waals surface area contributed by atoms with E-state index < -0.39 is 0 Å². The summed E-state index contributed by atoms with van der Waals surface area (Å²) in [5, 5.41) is 0. The minimum atomic E-state index is 0.318. The van der Waals surface area contributed by atoms with Gasteiger partial charge in [0.15, 0.2) is 0 Å². The maximum absolute atomic E-state index is 2.65. The van der Waals surface area contributed by atoms with Crippen molar-refractivity contribution in [3.63, 3.8) is 0 Å². The largest absolute Gasteiger partial charge is 0.350 e. The van der Waals surface area contributed by atoms with Crippen LogP contribution in [0.3, 0.4) is 0 Å². The van der Waals surface area contributed by atoms with Gasteiger partial charge < -0.3 is 4.57 Å². The van der Waals surface area contributed by atoms with E-state index in [1.165, 1.54) is 34.4 Å². The zero-order valence-electron chi connectivity index (χ0n) is 15.9. The maximum Gasteiger partial charge on any atom is 0.0759 e. The smallest absolute Gasteiger partial charge is 0.0759 e. The SMILES string of the molecule is CCc1ccc([C@@H]2c3cccn3CCCN2Cc2cccc(C)c2)cc1. The Morgan fingerprint density at radius 1 is 0.923 bits per heavy atom. The van der Waals surface area contributed by atoms with E-state index in [1.54, 1.807) is 0 Å². The summed E-state index contributed by atoms with van der Waals surface area (Å²) in [5.41, 5.74) is 6.96. The van der Waals surface area contributed by atoms with Crippen LogP contribution in [0, 0.1) is 6.92 Å². The number of hydrogen-bond acceptors (Lipinski definition) is 1. The summed E-state index contributed by atoms with van der Waals surface area (Å²) in [6.45, 7) is 7.62. The first-order valence-corrected chi connectivity index (χ1v) is 9.78. The summed E-state index contributed by atoms with van der Waals surface area (Å²) >= 11 is 0. The lowest BCUT2D eigenvalue weighted by molar-refractivity contribution is 0.220. The number of hydrogen-bond donors (Lipinski definition) is 0. The van der Waals surface area contributed by atoms with Gasteiger partial charge in [-0.2, -0.15) is 0 Å². The zero-order chi connectivity index (χ0) is 17.9. The molecule has 0 bridgehead atoms.